The first kappa shape index (κ1) is 16.7. The zero-order valence-electron chi connectivity index (χ0n) is 14.4. The number of hydrogen-bond acceptors (Lipinski definition) is 5. The molecule has 0 aliphatic carbocycles. The molecular weight excluding hydrogens is 308 g/mol. The summed E-state index contributed by atoms with van der Waals surface area (Å²) in [5.41, 5.74) is 1.46. The molecule has 7 nitrogen and oxygen atoms in total. The fourth-order valence-corrected chi connectivity index (χ4v) is 2.94. The highest BCUT2D eigenvalue weighted by molar-refractivity contribution is 5.95. The van der Waals surface area contributed by atoms with Gasteiger partial charge < -0.3 is 14.5 Å². The van der Waals surface area contributed by atoms with E-state index in [1.54, 1.807) is 10.9 Å². The number of carbonyl (C=O) groups is 1. The van der Waals surface area contributed by atoms with Gasteiger partial charge in [0.25, 0.3) is 5.91 Å². The maximum absolute atomic E-state index is 12.5. The van der Waals surface area contributed by atoms with E-state index >= 15 is 0 Å². The predicted octanol–water partition coefficient (Wildman–Crippen LogP) is 1.43. The maximum atomic E-state index is 12.5. The van der Waals surface area contributed by atoms with Gasteiger partial charge in [0.05, 0.1) is 31.0 Å². The predicted molar refractivity (Wildman–Crippen MR) is 88.9 cm³/mol. The van der Waals surface area contributed by atoms with Crippen LogP contribution in [0, 0.1) is 13.8 Å². The monoisotopic (exact) mass is 332 g/mol. The van der Waals surface area contributed by atoms with Gasteiger partial charge in [-0.2, -0.15) is 5.10 Å². The van der Waals surface area contributed by atoms with Crippen molar-refractivity contribution in [2.24, 2.45) is 7.05 Å². The van der Waals surface area contributed by atoms with Crippen LogP contribution in [0.1, 0.15) is 33.6 Å². The standard InChI is InChI=1S/C17H24N4O3/c1-12-4-5-16(24-12)15(21-6-8-23-9-7-21)11-18-17(22)14-10-19-20(3)13(14)2/h4-5,10,15H,6-9,11H2,1-3H3,(H,18,22)/t15-/m1/s1. The van der Waals surface area contributed by atoms with E-state index in [0.717, 1.165) is 30.3 Å². The summed E-state index contributed by atoms with van der Waals surface area (Å²) in [6.45, 7) is 7.35. The average molecular weight is 332 g/mol. The summed E-state index contributed by atoms with van der Waals surface area (Å²) in [4.78, 5) is 14.8. The molecule has 0 unspecified atom stereocenters. The van der Waals surface area contributed by atoms with Gasteiger partial charge >= 0.3 is 0 Å². The number of aryl methyl sites for hydroxylation is 2. The first-order valence-corrected chi connectivity index (χ1v) is 8.21. The minimum absolute atomic E-state index is 0.00327. The Morgan fingerprint density at radius 2 is 2.08 bits per heavy atom. The van der Waals surface area contributed by atoms with Crippen molar-refractivity contribution >= 4 is 5.91 Å². The van der Waals surface area contributed by atoms with Crippen molar-refractivity contribution in [1.29, 1.82) is 0 Å². The van der Waals surface area contributed by atoms with Crippen molar-refractivity contribution in [3.8, 4) is 0 Å². The molecule has 2 aromatic heterocycles. The molecular formula is C17H24N4O3. The summed E-state index contributed by atoms with van der Waals surface area (Å²) in [6.07, 6.45) is 1.60. The normalized spacial score (nSPS) is 17.0. The number of ether oxygens (including phenoxy) is 1. The highest BCUT2D eigenvalue weighted by Gasteiger charge is 2.26. The SMILES string of the molecule is Cc1ccc([C@@H](CNC(=O)c2cnn(C)c2C)N2CCOCC2)o1. The molecule has 0 saturated carbocycles. The van der Waals surface area contributed by atoms with Gasteiger partial charge in [-0.05, 0) is 26.0 Å². The van der Waals surface area contributed by atoms with Gasteiger partial charge in [0.2, 0.25) is 0 Å². The van der Waals surface area contributed by atoms with Gasteiger partial charge in [-0.1, -0.05) is 0 Å². The van der Waals surface area contributed by atoms with Crippen LogP contribution >= 0.6 is 0 Å². The van der Waals surface area contributed by atoms with Crippen LogP contribution in [0.3, 0.4) is 0 Å². The molecule has 2 aromatic rings. The van der Waals surface area contributed by atoms with Crippen LogP contribution < -0.4 is 5.32 Å². The van der Waals surface area contributed by atoms with E-state index in [9.17, 15) is 4.79 Å². The molecule has 1 fully saturated rings. The molecule has 1 atom stereocenters. The number of hydrogen-bond donors (Lipinski definition) is 1. The van der Waals surface area contributed by atoms with Crippen LogP contribution in [0.2, 0.25) is 0 Å². The van der Waals surface area contributed by atoms with E-state index in [1.807, 2.05) is 33.0 Å². The molecule has 24 heavy (non-hydrogen) atoms. The maximum Gasteiger partial charge on any atom is 0.254 e. The number of aromatic nitrogens is 2. The van der Waals surface area contributed by atoms with Crippen LogP contribution in [0.15, 0.2) is 22.7 Å². The number of morpholine rings is 1. The lowest BCUT2D eigenvalue weighted by molar-refractivity contribution is 0.0117. The molecule has 1 N–H and O–H groups in total. The van der Waals surface area contributed by atoms with Gasteiger partial charge in [0.1, 0.15) is 11.5 Å². The summed E-state index contributed by atoms with van der Waals surface area (Å²) >= 11 is 0. The van der Waals surface area contributed by atoms with Crippen LogP contribution in [0.25, 0.3) is 0 Å². The second-order valence-corrected chi connectivity index (χ2v) is 6.09. The third kappa shape index (κ3) is 3.52. The Bertz CT molecular complexity index is 701. The second kappa shape index (κ2) is 7.19. The minimum Gasteiger partial charge on any atom is -0.465 e. The largest absolute Gasteiger partial charge is 0.465 e. The van der Waals surface area contributed by atoms with Gasteiger partial charge in [0, 0.05) is 32.4 Å². The zero-order valence-corrected chi connectivity index (χ0v) is 14.4. The fourth-order valence-electron chi connectivity index (χ4n) is 2.94. The molecule has 1 saturated heterocycles. The first-order valence-electron chi connectivity index (χ1n) is 8.21. The van der Waals surface area contributed by atoms with Crippen molar-refractivity contribution in [3.63, 3.8) is 0 Å². The number of carbonyl (C=O) groups excluding carboxylic acids is 1. The topological polar surface area (TPSA) is 72.5 Å². The van der Waals surface area contributed by atoms with E-state index < -0.39 is 0 Å². The Morgan fingerprint density at radius 1 is 1.33 bits per heavy atom. The quantitative estimate of drug-likeness (QED) is 0.897. The summed E-state index contributed by atoms with van der Waals surface area (Å²) < 4.78 is 12.9. The molecule has 0 radical (unpaired) electrons. The zero-order chi connectivity index (χ0) is 17.1. The smallest absolute Gasteiger partial charge is 0.254 e. The highest BCUT2D eigenvalue weighted by atomic mass is 16.5. The Hall–Kier alpha value is -2.12. The molecule has 1 aliphatic rings. The van der Waals surface area contributed by atoms with Crippen molar-refractivity contribution < 1.29 is 13.9 Å². The van der Waals surface area contributed by atoms with E-state index in [-0.39, 0.29) is 11.9 Å². The Kier molecular flexibility index (Phi) is 5.01. The lowest BCUT2D eigenvalue weighted by Gasteiger charge is -2.33. The Morgan fingerprint density at radius 3 is 2.67 bits per heavy atom. The van der Waals surface area contributed by atoms with Crippen molar-refractivity contribution in [1.82, 2.24) is 20.0 Å². The van der Waals surface area contributed by atoms with Crippen molar-refractivity contribution in [2.45, 2.75) is 19.9 Å². The van der Waals surface area contributed by atoms with Gasteiger partial charge in [-0.25, -0.2) is 0 Å². The third-order valence-corrected chi connectivity index (χ3v) is 4.51. The molecule has 0 aromatic carbocycles. The van der Waals surface area contributed by atoms with E-state index in [2.05, 4.69) is 15.3 Å². The van der Waals surface area contributed by atoms with Crippen molar-refractivity contribution in [2.75, 3.05) is 32.8 Å². The van der Waals surface area contributed by atoms with Crippen LogP contribution in [-0.4, -0.2) is 53.4 Å². The summed E-state index contributed by atoms with van der Waals surface area (Å²) in [6, 6.07) is 3.94. The molecule has 0 spiro atoms. The fraction of sp³-hybridized carbons (Fsp3) is 0.529. The average Bonchev–Trinajstić information content (AvgIpc) is 3.15. The molecule has 7 heteroatoms. The van der Waals surface area contributed by atoms with Crippen LogP contribution in [0.5, 0.6) is 0 Å². The molecule has 1 aliphatic heterocycles. The molecule has 0 bridgehead atoms. The Balaban J connectivity index is 1.71. The Labute approximate surface area is 141 Å². The van der Waals surface area contributed by atoms with E-state index in [0.29, 0.717) is 25.3 Å². The number of nitrogens with one attached hydrogen (secondary N) is 1. The van der Waals surface area contributed by atoms with E-state index in [4.69, 9.17) is 9.15 Å². The van der Waals surface area contributed by atoms with Crippen LogP contribution in [0.4, 0.5) is 0 Å². The van der Waals surface area contributed by atoms with E-state index in [1.165, 1.54) is 0 Å². The second-order valence-electron chi connectivity index (χ2n) is 6.09. The highest BCUT2D eigenvalue weighted by Crippen LogP contribution is 2.23. The molecule has 3 heterocycles. The molecule has 3 rings (SSSR count). The number of amides is 1. The molecule has 130 valence electrons. The number of nitrogens with zero attached hydrogens (tertiary/aromatic N) is 3. The van der Waals surface area contributed by atoms with Gasteiger partial charge in [-0.15, -0.1) is 0 Å². The number of furan rings is 1. The van der Waals surface area contributed by atoms with Crippen LogP contribution in [-0.2, 0) is 11.8 Å². The first-order chi connectivity index (χ1) is 11.6. The van der Waals surface area contributed by atoms with Gasteiger partial charge in [0.15, 0.2) is 0 Å². The minimum atomic E-state index is -0.109. The summed E-state index contributed by atoms with van der Waals surface area (Å²) in [5, 5.41) is 7.15. The van der Waals surface area contributed by atoms with Crippen molar-refractivity contribution in [3.05, 3.63) is 41.1 Å². The third-order valence-electron chi connectivity index (χ3n) is 4.51. The lowest BCUT2D eigenvalue weighted by atomic mass is 10.1. The summed E-state index contributed by atoms with van der Waals surface area (Å²) in [7, 11) is 1.83. The molecule has 1 amide bonds. The lowest BCUT2D eigenvalue weighted by Crippen LogP contribution is -2.43. The number of rotatable bonds is 5. The summed E-state index contributed by atoms with van der Waals surface area (Å²) in [5.74, 6) is 1.64. The van der Waals surface area contributed by atoms with Gasteiger partial charge in [-0.3, -0.25) is 14.4 Å².